The molecule has 1 aromatic carbocycles. The SMILES string of the molecule is CCN(Cc1ccc(OC)c(OC)c1)C(=O)CN1CCNC[C@@H]1C. The Kier molecular flexibility index (Phi) is 6.87. The van der Waals surface area contributed by atoms with Gasteiger partial charge in [-0.25, -0.2) is 0 Å². The molecule has 1 amide bonds. The summed E-state index contributed by atoms with van der Waals surface area (Å²) in [5.41, 5.74) is 1.04. The Morgan fingerprint density at radius 3 is 2.71 bits per heavy atom. The number of carbonyl (C=O) groups excluding carboxylic acids is 1. The topological polar surface area (TPSA) is 54.0 Å². The average Bonchev–Trinajstić information content (AvgIpc) is 2.61. The summed E-state index contributed by atoms with van der Waals surface area (Å²) in [7, 11) is 3.24. The van der Waals surface area contributed by atoms with Gasteiger partial charge < -0.3 is 19.7 Å². The number of amides is 1. The maximum atomic E-state index is 12.7. The van der Waals surface area contributed by atoms with Crippen LogP contribution in [-0.2, 0) is 11.3 Å². The molecule has 6 heteroatoms. The standard InChI is InChI=1S/C18H29N3O3/c1-5-20(18(22)13-21-9-8-19-11-14(21)2)12-15-6-7-16(23-3)17(10-15)24-4/h6-7,10,14,19H,5,8-9,11-13H2,1-4H3/t14-/m0/s1. The number of nitrogens with one attached hydrogen (secondary N) is 1. The molecule has 0 spiro atoms. The lowest BCUT2D eigenvalue weighted by atomic mass is 10.1. The second kappa shape index (κ2) is 8.89. The summed E-state index contributed by atoms with van der Waals surface area (Å²) < 4.78 is 10.6. The van der Waals surface area contributed by atoms with Gasteiger partial charge in [-0.1, -0.05) is 6.07 Å². The summed E-state index contributed by atoms with van der Waals surface area (Å²) in [5.74, 6) is 1.56. The van der Waals surface area contributed by atoms with Crippen molar-refractivity contribution >= 4 is 5.91 Å². The fraction of sp³-hybridized carbons (Fsp3) is 0.611. The van der Waals surface area contributed by atoms with Crippen molar-refractivity contribution in [3.63, 3.8) is 0 Å². The van der Waals surface area contributed by atoms with E-state index in [0.29, 0.717) is 37.2 Å². The monoisotopic (exact) mass is 335 g/mol. The van der Waals surface area contributed by atoms with E-state index in [-0.39, 0.29) is 5.91 Å². The van der Waals surface area contributed by atoms with Crippen molar-refractivity contribution in [2.75, 3.05) is 46.9 Å². The third-order valence-electron chi connectivity index (χ3n) is 4.53. The minimum absolute atomic E-state index is 0.168. The lowest BCUT2D eigenvalue weighted by Crippen LogP contribution is -2.53. The average molecular weight is 335 g/mol. The first-order chi connectivity index (χ1) is 11.6. The summed E-state index contributed by atoms with van der Waals surface area (Å²) in [6.45, 7) is 8.72. The van der Waals surface area contributed by atoms with E-state index in [2.05, 4.69) is 17.1 Å². The van der Waals surface area contributed by atoms with Gasteiger partial charge >= 0.3 is 0 Å². The van der Waals surface area contributed by atoms with Gasteiger partial charge in [0.25, 0.3) is 0 Å². The van der Waals surface area contributed by atoms with Crippen molar-refractivity contribution < 1.29 is 14.3 Å². The number of ether oxygens (including phenoxy) is 2. The quantitative estimate of drug-likeness (QED) is 0.815. The molecule has 6 nitrogen and oxygen atoms in total. The highest BCUT2D eigenvalue weighted by molar-refractivity contribution is 5.78. The molecule has 134 valence electrons. The van der Waals surface area contributed by atoms with E-state index < -0.39 is 0 Å². The Bertz CT molecular complexity index is 550. The fourth-order valence-electron chi connectivity index (χ4n) is 2.97. The van der Waals surface area contributed by atoms with Crippen LogP contribution in [0.5, 0.6) is 11.5 Å². The molecule has 1 aliphatic rings. The summed E-state index contributed by atoms with van der Waals surface area (Å²) in [6, 6.07) is 6.18. The van der Waals surface area contributed by atoms with Crippen molar-refractivity contribution in [1.82, 2.24) is 15.1 Å². The van der Waals surface area contributed by atoms with Crippen LogP contribution >= 0.6 is 0 Å². The first-order valence-electron chi connectivity index (χ1n) is 8.52. The van der Waals surface area contributed by atoms with Gasteiger partial charge in [-0.05, 0) is 31.5 Å². The first kappa shape index (κ1) is 18.5. The number of methoxy groups -OCH3 is 2. The Morgan fingerprint density at radius 2 is 2.08 bits per heavy atom. The van der Waals surface area contributed by atoms with Gasteiger partial charge in [0.15, 0.2) is 11.5 Å². The maximum absolute atomic E-state index is 12.7. The van der Waals surface area contributed by atoms with E-state index in [0.717, 1.165) is 25.2 Å². The summed E-state index contributed by atoms with van der Waals surface area (Å²) in [4.78, 5) is 16.8. The number of piperazine rings is 1. The van der Waals surface area contributed by atoms with Gasteiger partial charge in [0.2, 0.25) is 5.91 Å². The molecule has 0 aromatic heterocycles. The highest BCUT2D eigenvalue weighted by Gasteiger charge is 2.23. The molecule has 1 aromatic rings. The maximum Gasteiger partial charge on any atom is 0.237 e. The van der Waals surface area contributed by atoms with Gasteiger partial charge in [-0.2, -0.15) is 0 Å². The zero-order valence-corrected chi connectivity index (χ0v) is 15.2. The fourth-order valence-corrected chi connectivity index (χ4v) is 2.97. The van der Waals surface area contributed by atoms with Crippen molar-refractivity contribution in [2.24, 2.45) is 0 Å². The minimum atomic E-state index is 0.168. The largest absolute Gasteiger partial charge is 0.493 e. The van der Waals surface area contributed by atoms with Crippen molar-refractivity contribution in [3.8, 4) is 11.5 Å². The van der Waals surface area contributed by atoms with Crippen LogP contribution in [0, 0.1) is 0 Å². The predicted octanol–water partition coefficient (Wildman–Crippen LogP) is 1.35. The lowest BCUT2D eigenvalue weighted by molar-refractivity contribution is -0.133. The third-order valence-corrected chi connectivity index (χ3v) is 4.53. The molecule has 2 rings (SSSR count). The molecule has 1 atom stereocenters. The van der Waals surface area contributed by atoms with Crippen molar-refractivity contribution in [1.29, 1.82) is 0 Å². The van der Waals surface area contributed by atoms with Gasteiger partial charge in [-0.15, -0.1) is 0 Å². The highest BCUT2D eigenvalue weighted by Crippen LogP contribution is 2.28. The number of likely N-dealkylation sites (N-methyl/N-ethyl adjacent to an activating group) is 1. The van der Waals surface area contributed by atoms with Crippen LogP contribution in [-0.4, -0.2) is 68.7 Å². The summed E-state index contributed by atoms with van der Waals surface area (Å²) in [5, 5.41) is 3.35. The predicted molar refractivity (Wildman–Crippen MR) is 94.5 cm³/mol. The molecular formula is C18H29N3O3. The van der Waals surface area contributed by atoms with E-state index >= 15 is 0 Å². The number of hydrogen-bond acceptors (Lipinski definition) is 5. The zero-order valence-electron chi connectivity index (χ0n) is 15.2. The smallest absolute Gasteiger partial charge is 0.237 e. The van der Waals surface area contributed by atoms with E-state index in [4.69, 9.17) is 9.47 Å². The van der Waals surface area contributed by atoms with Gasteiger partial charge in [0.05, 0.1) is 20.8 Å². The van der Waals surface area contributed by atoms with Crippen LogP contribution in [0.4, 0.5) is 0 Å². The van der Waals surface area contributed by atoms with Gasteiger partial charge in [-0.3, -0.25) is 9.69 Å². The number of hydrogen-bond donors (Lipinski definition) is 1. The van der Waals surface area contributed by atoms with E-state index in [1.54, 1.807) is 14.2 Å². The molecule has 0 unspecified atom stereocenters. The minimum Gasteiger partial charge on any atom is -0.493 e. The third kappa shape index (κ3) is 4.61. The Balaban J connectivity index is 2.01. The number of rotatable bonds is 7. The second-order valence-corrected chi connectivity index (χ2v) is 6.12. The van der Waals surface area contributed by atoms with Crippen LogP contribution in [0.15, 0.2) is 18.2 Å². The highest BCUT2D eigenvalue weighted by atomic mass is 16.5. The normalized spacial score (nSPS) is 18.2. The van der Waals surface area contributed by atoms with Gasteiger partial charge in [0, 0.05) is 38.8 Å². The molecule has 1 aliphatic heterocycles. The van der Waals surface area contributed by atoms with E-state index in [1.165, 1.54) is 0 Å². The molecule has 0 aliphatic carbocycles. The van der Waals surface area contributed by atoms with Crippen molar-refractivity contribution in [2.45, 2.75) is 26.4 Å². The van der Waals surface area contributed by atoms with Gasteiger partial charge in [0.1, 0.15) is 0 Å². The molecule has 0 bridgehead atoms. The molecule has 1 N–H and O–H groups in total. The lowest BCUT2D eigenvalue weighted by Gasteiger charge is -2.34. The second-order valence-electron chi connectivity index (χ2n) is 6.12. The Labute approximate surface area is 144 Å². The molecule has 1 saturated heterocycles. The molecule has 0 saturated carbocycles. The molecule has 1 heterocycles. The van der Waals surface area contributed by atoms with E-state index in [9.17, 15) is 4.79 Å². The Morgan fingerprint density at radius 1 is 1.33 bits per heavy atom. The van der Waals surface area contributed by atoms with Crippen LogP contribution in [0.25, 0.3) is 0 Å². The molecular weight excluding hydrogens is 306 g/mol. The molecule has 0 radical (unpaired) electrons. The Hall–Kier alpha value is -1.79. The van der Waals surface area contributed by atoms with E-state index in [1.807, 2.05) is 30.0 Å². The van der Waals surface area contributed by atoms with Crippen LogP contribution in [0.2, 0.25) is 0 Å². The van der Waals surface area contributed by atoms with Crippen LogP contribution in [0.3, 0.4) is 0 Å². The number of carbonyl (C=O) groups is 1. The van der Waals surface area contributed by atoms with Crippen molar-refractivity contribution in [3.05, 3.63) is 23.8 Å². The zero-order chi connectivity index (χ0) is 17.5. The number of nitrogens with zero attached hydrogens (tertiary/aromatic N) is 2. The van der Waals surface area contributed by atoms with Crippen LogP contribution in [0.1, 0.15) is 19.4 Å². The molecule has 1 fully saturated rings. The molecule has 24 heavy (non-hydrogen) atoms. The summed E-state index contributed by atoms with van der Waals surface area (Å²) >= 11 is 0. The first-order valence-corrected chi connectivity index (χ1v) is 8.52. The van der Waals surface area contributed by atoms with Crippen LogP contribution < -0.4 is 14.8 Å². The summed E-state index contributed by atoms with van der Waals surface area (Å²) in [6.07, 6.45) is 0. The number of benzene rings is 1.